The molecule has 6 heteroatoms. The Balaban J connectivity index is 2.05. The summed E-state index contributed by atoms with van der Waals surface area (Å²) < 4.78 is 10.5. The Morgan fingerprint density at radius 1 is 1.36 bits per heavy atom. The second kappa shape index (κ2) is 7.26. The average Bonchev–Trinajstić information content (AvgIpc) is 2.54. The molecule has 0 aromatic heterocycles. The maximum Gasteiger partial charge on any atom is 0.341 e. The zero-order chi connectivity index (χ0) is 16.0. The fraction of sp³-hybridized carbons (Fsp3) is 0.500. The molecule has 0 unspecified atom stereocenters. The number of ether oxygens (including phenoxy) is 2. The fourth-order valence-corrected chi connectivity index (χ4v) is 2.51. The van der Waals surface area contributed by atoms with E-state index in [9.17, 15) is 9.59 Å². The Labute approximate surface area is 129 Å². The summed E-state index contributed by atoms with van der Waals surface area (Å²) in [5.74, 6) is -0.862. The van der Waals surface area contributed by atoms with Crippen molar-refractivity contribution in [3.63, 3.8) is 0 Å². The molecular weight excluding hydrogens is 286 g/mol. The molecule has 1 aromatic rings. The molecular formula is C16H21NO5. The lowest BCUT2D eigenvalue weighted by atomic mass is 9.87. The van der Waals surface area contributed by atoms with Gasteiger partial charge in [0.2, 0.25) is 0 Å². The summed E-state index contributed by atoms with van der Waals surface area (Å²) in [7, 11) is 0. The van der Waals surface area contributed by atoms with Crippen LogP contribution in [0.3, 0.4) is 0 Å². The van der Waals surface area contributed by atoms with Crippen LogP contribution in [-0.2, 0) is 9.53 Å². The van der Waals surface area contributed by atoms with Gasteiger partial charge in [-0.15, -0.1) is 0 Å². The van der Waals surface area contributed by atoms with E-state index in [1.54, 1.807) is 24.3 Å². The number of carboxylic acids is 1. The molecule has 120 valence electrons. The number of hydrogen-bond acceptors (Lipinski definition) is 4. The maximum absolute atomic E-state index is 12.4. The third-order valence-electron chi connectivity index (χ3n) is 3.96. The molecule has 0 bridgehead atoms. The van der Waals surface area contributed by atoms with Crippen LogP contribution in [0, 0.1) is 0 Å². The van der Waals surface area contributed by atoms with Gasteiger partial charge in [0.25, 0.3) is 5.91 Å². The Morgan fingerprint density at radius 3 is 2.73 bits per heavy atom. The molecule has 22 heavy (non-hydrogen) atoms. The summed E-state index contributed by atoms with van der Waals surface area (Å²) >= 11 is 0. The van der Waals surface area contributed by atoms with Gasteiger partial charge in [0.05, 0.1) is 0 Å². The second-order valence-corrected chi connectivity index (χ2v) is 5.41. The first-order chi connectivity index (χ1) is 10.5. The van der Waals surface area contributed by atoms with Crippen molar-refractivity contribution in [2.75, 3.05) is 19.8 Å². The minimum absolute atomic E-state index is 0.176. The molecule has 1 aliphatic heterocycles. The maximum atomic E-state index is 12.4. The molecule has 6 nitrogen and oxygen atoms in total. The van der Waals surface area contributed by atoms with Crippen LogP contribution in [0.15, 0.2) is 24.3 Å². The topological polar surface area (TPSA) is 84.9 Å². The molecule has 1 aromatic carbocycles. The lowest BCUT2D eigenvalue weighted by molar-refractivity contribution is -0.139. The van der Waals surface area contributed by atoms with Gasteiger partial charge >= 0.3 is 5.97 Å². The summed E-state index contributed by atoms with van der Waals surface area (Å²) in [6, 6.07) is 6.55. The molecule has 0 aliphatic carbocycles. The van der Waals surface area contributed by atoms with E-state index in [0.717, 1.165) is 19.3 Å². The highest BCUT2D eigenvalue weighted by molar-refractivity contribution is 5.95. The number of rotatable bonds is 6. The monoisotopic (exact) mass is 307 g/mol. The first kappa shape index (κ1) is 16.3. The minimum atomic E-state index is -1.05. The van der Waals surface area contributed by atoms with Gasteiger partial charge in [-0.05, 0) is 37.5 Å². The number of nitrogens with one attached hydrogen (secondary N) is 1. The zero-order valence-electron chi connectivity index (χ0n) is 12.6. The third-order valence-corrected chi connectivity index (χ3v) is 3.96. The van der Waals surface area contributed by atoms with Crippen LogP contribution in [-0.4, -0.2) is 42.3 Å². The van der Waals surface area contributed by atoms with Crippen molar-refractivity contribution in [1.82, 2.24) is 5.32 Å². The highest BCUT2D eigenvalue weighted by Gasteiger charge is 2.32. The van der Waals surface area contributed by atoms with Gasteiger partial charge in [-0.2, -0.15) is 0 Å². The number of carbonyl (C=O) groups excluding carboxylic acids is 1. The number of amides is 1. The van der Waals surface area contributed by atoms with E-state index in [0.29, 0.717) is 24.5 Å². The van der Waals surface area contributed by atoms with E-state index in [4.69, 9.17) is 14.6 Å². The quantitative estimate of drug-likeness (QED) is 0.837. The van der Waals surface area contributed by atoms with Crippen molar-refractivity contribution >= 4 is 11.9 Å². The molecule has 1 fully saturated rings. The Morgan fingerprint density at radius 2 is 2.09 bits per heavy atom. The van der Waals surface area contributed by atoms with Crippen molar-refractivity contribution in [2.24, 2.45) is 0 Å². The van der Waals surface area contributed by atoms with Gasteiger partial charge in [0.15, 0.2) is 6.61 Å². The van der Waals surface area contributed by atoms with Crippen LogP contribution >= 0.6 is 0 Å². The van der Waals surface area contributed by atoms with Crippen LogP contribution in [0.5, 0.6) is 5.75 Å². The summed E-state index contributed by atoms with van der Waals surface area (Å²) in [6.07, 6.45) is 2.44. The van der Waals surface area contributed by atoms with Crippen LogP contribution in [0.1, 0.15) is 36.5 Å². The standard InChI is InChI=1S/C16H21NO5/c1-2-16(6-8-21-9-7-16)17-15(20)12-4-3-5-13(10-12)22-11-14(18)19/h3-5,10H,2,6-9,11H2,1H3,(H,17,20)(H,18,19). The first-order valence-corrected chi connectivity index (χ1v) is 7.39. The lowest BCUT2D eigenvalue weighted by Gasteiger charge is -2.37. The molecule has 1 aliphatic rings. The zero-order valence-corrected chi connectivity index (χ0v) is 12.6. The summed E-state index contributed by atoms with van der Waals surface area (Å²) in [4.78, 5) is 23.0. The van der Waals surface area contributed by atoms with Crippen LogP contribution < -0.4 is 10.1 Å². The van der Waals surface area contributed by atoms with E-state index in [1.807, 2.05) is 0 Å². The largest absolute Gasteiger partial charge is 0.482 e. The van der Waals surface area contributed by atoms with Crippen LogP contribution in [0.4, 0.5) is 0 Å². The predicted octanol–water partition coefficient (Wildman–Crippen LogP) is 1.84. The van der Waals surface area contributed by atoms with Crippen molar-refractivity contribution in [1.29, 1.82) is 0 Å². The van der Waals surface area contributed by atoms with E-state index < -0.39 is 12.6 Å². The van der Waals surface area contributed by atoms with Gasteiger partial charge in [0.1, 0.15) is 5.75 Å². The van der Waals surface area contributed by atoms with E-state index >= 15 is 0 Å². The molecule has 0 saturated carbocycles. The minimum Gasteiger partial charge on any atom is -0.482 e. The normalized spacial score (nSPS) is 16.8. The molecule has 0 radical (unpaired) electrons. The predicted molar refractivity (Wildman–Crippen MR) is 80.1 cm³/mol. The molecule has 1 heterocycles. The molecule has 0 atom stereocenters. The Kier molecular flexibility index (Phi) is 5.38. The highest BCUT2D eigenvalue weighted by atomic mass is 16.5. The lowest BCUT2D eigenvalue weighted by Crippen LogP contribution is -2.51. The number of carboxylic acid groups (broad SMARTS) is 1. The summed E-state index contributed by atoms with van der Waals surface area (Å²) in [6.45, 7) is 2.92. The Hall–Kier alpha value is -2.08. The van der Waals surface area contributed by atoms with E-state index in [-0.39, 0.29) is 11.4 Å². The van der Waals surface area contributed by atoms with Crippen LogP contribution in [0.2, 0.25) is 0 Å². The van der Waals surface area contributed by atoms with Gasteiger partial charge in [0, 0.05) is 24.3 Å². The highest BCUT2D eigenvalue weighted by Crippen LogP contribution is 2.25. The Bertz CT molecular complexity index is 537. The summed E-state index contributed by atoms with van der Waals surface area (Å²) in [5, 5.41) is 11.7. The van der Waals surface area contributed by atoms with E-state index in [2.05, 4.69) is 12.2 Å². The van der Waals surface area contributed by atoms with Gasteiger partial charge < -0.3 is 19.9 Å². The molecule has 2 N–H and O–H groups in total. The first-order valence-electron chi connectivity index (χ1n) is 7.39. The van der Waals surface area contributed by atoms with Crippen molar-refractivity contribution in [2.45, 2.75) is 31.7 Å². The fourth-order valence-electron chi connectivity index (χ4n) is 2.51. The van der Waals surface area contributed by atoms with Crippen LogP contribution in [0.25, 0.3) is 0 Å². The number of carbonyl (C=O) groups is 2. The summed E-state index contributed by atoms with van der Waals surface area (Å²) in [5.41, 5.74) is 0.231. The number of hydrogen-bond donors (Lipinski definition) is 2. The SMILES string of the molecule is CCC1(NC(=O)c2cccc(OCC(=O)O)c2)CCOCC1. The molecule has 1 saturated heterocycles. The molecule has 0 spiro atoms. The van der Waals surface area contributed by atoms with Gasteiger partial charge in [-0.1, -0.05) is 13.0 Å². The number of benzene rings is 1. The van der Waals surface area contributed by atoms with Crippen molar-refractivity contribution < 1.29 is 24.2 Å². The molecule has 1 amide bonds. The van der Waals surface area contributed by atoms with E-state index in [1.165, 1.54) is 0 Å². The number of aliphatic carboxylic acids is 1. The molecule has 2 rings (SSSR count). The van der Waals surface area contributed by atoms with Gasteiger partial charge in [-0.25, -0.2) is 4.79 Å². The van der Waals surface area contributed by atoms with Crippen molar-refractivity contribution in [3.8, 4) is 5.75 Å². The van der Waals surface area contributed by atoms with Gasteiger partial charge in [-0.3, -0.25) is 4.79 Å². The van der Waals surface area contributed by atoms with Crippen molar-refractivity contribution in [3.05, 3.63) is 29.8 Å². The second-order valence-electron chi connectivity index (χ2n) is 5.41. The average molecular weight is 307 g/mol. The smallest absolute Gasteiger partial charge is 0.341 e. The third kappa shape index (κ3) is 4.21.